The number of fused-ring (bicyclic) bond motifs is 1. The quantitative estimate of drug-likeness (QED) is 0.745. The summed E-state index contributed by atoms with van der Waals surface area (Å²) < 4.78 is 7.78. The van der Waals surface area contributed by atoms with E-state index in [2.05, 4.69) is 21.0 Å². The lowest BCUT2D eigenvalue weighted by molar-refractivity contribution is 0.395. The minimum absolute atomic E-state index is 0.627. The Morgan fingerprint density at radius 2 is 2.42 bits per heavy atom. The number of methoxy groups -OCH3 is 1. The standard InChI is InChI=1S/C8H7BrN2O/c1-12-8-5-7-6(9)3-2-4-11(7)10-8/h2-5H,1H3. The van der Waals surface area contributed by atoms with Crippen LogP contribution in [0.2, 0.25) is 0 Å². The predicted molar refractivity (Wildman–Crippen MR) is 49.4 cm³/mol. The number of halogens is 1. The fraction of sp³-hybridized carbons (Fsp3) is 0.125. The largest absolute Gasteiger partial charge is 0.480 e. The average molecular weight is 227 g/mol. The van der Waals surface area contributed by atoms with Crippen LogP contribution in [0.25, 0.3) is 5.52 Å². The van der Waals surface area contributed by atoms with Crippen molar-refractivity contribution in [3.63, 3.8) is 0 Å². The zero-order valence-electron chi connectivity index (χ0n) is 6.49. The molecule has 2 heterocycles. The molecular formula is C8H7BrN2O. The lowest BCUT2D eigenvalue weighted by Crippen LogP contribution is -1.86. The Hall–Kier alpha value is -1.03. The second-order valence-electron chi connectivity index (χ2n) is 2.37. The second kappa shape index (κ2) is 2.79. The van der Waals surface area contributed by atoms with Crippen molar-refractivity contribution in [2.24, 2.45) is 0 Å². The molecule has 0 radical (unpaired) electrons. The highest BCUT2D eigenvalue weighted by molar-refractivity contribution is 9.10. The van der Waals surface area contributed by atoms with Crippen LogP contribution in [0.1, 0.15) is 0 Å². The van der Waals surface area contributed by atoms with E-state index in [9.17, 15) is 0 Å². The van der Waals surface area contributed by atoms with Gasteiger partial charge in [-0.05, 0) is 28.1 Å². The van der Waals surface area contributed by atoms with Gasteiger partial charge in [-0.15, -0.1) is 5.10 Å². The molecule has 12 heavy (non-hydrogen) atoms. The Balaban J connectivity index is 2.74. The van der Waals surface area contributed by atoms with Gasteiger partial charge in [0.15, 0.2) is 0 Å². The van der Waals surface area contributed by atoms with E-state index in [0.717, 1.165) is 9.99 Å². The minimum Gasteiger partial charge on any atom is -0.480 e. The number of hydrogen-bond donors (Lipinski definition) is 0. The van der Waals surface area contributed by atoms with Gasteiger partial charge in [0.05, 0.1) is 12.6 Å². The van der Waals surface area contributed by atoms with Crippen LogP contribution in [0.4, 0.5) is 0 Å². The first kappa shape index (κ1) is 7.61. The van der Waals surface area contributed by atoms with E-state index in [-0.39, 0.29) is 0 Å². The molecule has 3 nitrogen and oxygen atoms in total. The molecule has 0 aliphatic rings. The molecule has 0 saturated carbocycles. The molecule has 0 atom stereocenters. The van der Waals surface area contributed by atoms with Crippen molar-refractivity contribution in [3.8, 4) is 5.88 Å². The molecular weight excluding hydrogens is 220 g/mol. The van der Waals surface area contributed by atoms with Gasteiger partial charge < -0.3 is 4.74 Å². The second-order valence-corrected chi connectivity index (χ2v) is 3.23. The third-order valence-electron chi connectivity index (χ3n) is 1.64. The molecule has 0 aliphatic heterocycles. The summed E-state index contributed by atoms with van der Waals surface area (Å²) in [5.41, 5.74) is 1.01. The Morgan fingerprint density at radius 1 is 1.58 bits per heavy atom. The zero-order chi connectivity index (χ0) is 8.55. The smallest absolute Gasteiger partial charge is 0.233 e. The Morgan fingerprint density at radius 3 is 3.08 bits per heavy atom. The van der Waals surface area contributed by atoms with Gasteiger partial charge in [0.1, 0.15) is 0 Å². The highest BCUT2D eigenvalue weighted by Gasteiger charge is 2.02. The monoisotopic (exact) mass is 226 g/mol. The topological polar surface area (TPSA) is 26.5 Å². The molecule has 4 heteroatoms. The summed E-state index contributed by atoms with van der Waals surface area (Å²) in [7, 11) is 1.61. The SMILES string of the molecule is COc1cc2c(Br)cccn2n1. The first-order valence-electron chi connectivity index (χ1n) is 3.49. The van der Waals surface area contributed by atoms with Crippen LogP contribution in [-0.2, 0) is 0 Å². The van der Waals surface area contributed by atoms with Crippen molar-refractivity contribution in [1.29, 1.82) is 0 Å². The van der Waals surface area contributed by atoms with Crippen LogP contribution in [0.15, 0.2) is 28.9 Å². The van der Waals surface area contributed by atoms with Gasteiger partial charge in [0.25, 0.3) is 0 Å². The highest BCUT2D eigenvalue weighted by Crippen LogP contribution is 2.20. The maximum atomic E-state index is 5.00. The number of aromatic nitrogens is 2. The molecule has 62 valence electrons. The van der Waals surface area contributed by atoms with Crippen LogP contribution in [0.3, 0.4) is 0 Å². The maximum absolute atomic E-state index is 5.00. The summed E-state index contributed by atoms with van der Waals surface area (Å²) in [6.07, 6.45) is 1.88. The van der Waals surface area contributed by atoms with Crippen molar-refractivity contribution in [1.82, 2.24) is 9.61 Å². The van der Waals surface area contributed by atoms with Crippen molar-refractivity contribution >= 4 is 21.4 Å². The molecule has 0 unspecified atom stereocenters. The minimum atomic E-state index is 0.627. The van der Waals surface area contributed by atoms with Gasteiger partial charge in [-0.2, -0.15) is 0 Å². The number of nitrogens with zero attached hydrogens (tertiary/aromatic N) is 2. The van der Waals surface area contributed by atoms with E-state index in [1.165, 1.54) is 0 Å². The highest BCUT2D eigenvalue weighted by atomic mass is 79.9. The fourth-order valence-electron chi connectivity index (χ4n) is 1.06. The summed E-state index contributed by atoms with van der Waals surface area (Å²) in [4.78, 5) is 0. The molecule has 2 aromatic heterocycles. The normalized spacial score (nSPS) is 10.5. The maximum Gasteiger partial charge on any atom is 0.233 e. The first-order chi connectivity index (χ1) is 5.81. The molecule has 0 N–H and O–H groups in total. The van der Waals surface area contributed by atoms with E-state index >= 15 is 0 Å². The van der Waals surface area contributed by atoms with Gasteiger partial charge in [0.2, 0.25) is 5.88 Å². The van der Waals surface area contributed by atoms with Crippen LogP contribution in [0.5, 0.6) is 5.88 Å². The average Bonchev–Trinajstić information content (AvgIpc) is 2.49. The van der Waals surface area contributed by atoms with Crippen LogP contribution in [0, 0.1) is 0 Å². The summed E-state index contributed by atoms with van der Waals surface area (Å²) in [6, 6.07) is 5.77. The molecule has 0 spiro atoms. The van der Waals surface area contributed by atoms with E-state index in [4.69, 9.17) is 4.74 Å². The van der Waals surface area contributed by atoms with Crippen LogP contribution >= 0.6 is 15.9 Å². The van der Waals surface area contributed by atoms with Crippen molar-refractivity contribution in [3.05, 3.63) is 28.9 Å². The zero-order valence-corrected chi connectivity index (χ0v) is 8.08. The Kier molecular flexibility index (Phi) is 1.77. The Labute approximate surface area is 78.1 Å². The van der Waals surface area contributed by atoms with Gasteiger partial charge >= 0.3 is 0 Å². The Bertz CT molecular complexity index is 410. The van der Waals surface area contributed by atoms with Gasteiger partial charge in [-0.25, -0.2) is 4.52 Å². The van der Waals surface area contributed by atoms with E-state index in [1.807, 2.05) is 24.4 Å². The van der Waals surface area contributed by atoms with Crippen molar-refractivity contribution in [2.75, 3.05) is 7.11 Å². The molecule has 0 aromatic carbocycles. The fourth-order valence-corrected chi connectivity index (χ4v) is 1.51. The summed E-state index contributed by atoms with van der Waals surface area (Å²) in [5, 5.41) is 4.16. The predicted octanol–water partition coefficient (Wildman–Crippen LogP) is 2.11. The van der Waals surface area contributed by atoms with Gasteiger partial charge in [0, 0.05) is 16.7 Å². The first-order valence-corrected chi connectivity index (χ1v) is 4.28. The van der Waals surface area contributed by atoms with Crippen molar-refractivity contribution < 1.29 is 4.74 Å². The third-order valence-corrected chi connectivity index (χ3v) is 2.31. The molecule has 2 aromatic rings. The number of rotatable bonds is 1. The summed E-state index contributed by atoms with van der Waals surface area (Å²) >= 11 is 3.42. The lowest BCUT2D eigenvalue weighted by atomic mass is 10.4. The summed E-state index contributed by atoms with van der Waals surface area (Å²) in [6.45, 7) is 0. The van der Waals surface area contributed by atoms with E-state index in [1.54, 1.807) is 11.6 Å². The van der Waals surface area contributed by atoms with Crippen LogP contribution in [-0.4, -0.2) is 16.7 Å². The lowest BCUT2D eigenvalue weighted by Gasteiger charge is -1.92. The number of hydrogen-bond acceptors (Lipinski definition) is 2. The summed E-state index contributed by atoms with van der Waals surface area (Å²) in [5.74, 6) is 0.627. The molecule has 0 amide bonds. The molecule has 0 bridgehead atoms. The van der Waals surface area contributed by atoms with E-state index in [0.29, 0.717) is 5.88 Å². The molecule has 2 rings (SSSR count). The number of ether oxygens (including phenoxy) is 1. The van der Waals surface area contributed by atoms with E-state index < -0.39 is 0 Å². The molecule has 0 saturated heterocycles. The molecule has 0 aliphatic carbocycles. The van der Waals surface area contributed by atoms with Gasteiger partial charge in [-0.3, -0.25) is 0 Å². The van der Waals surface area contributed by atoms with Gasteiger partial charge in [-0.1, -0.05) is 0 Å². The van der Waals surface area contributed by atoms with Crippen molar-refractivity contribution in [2.45, 2.75) is 0 Å². The third kappa shape index (κ3) is 1.08. The van der Waals surface area contributed by atoms with Crippen LogP contribution < -0.4 is 4.74 Å². The number of pyridine rings is 1. The molecule has 0 fully saturated rings.